The van der Waals surface area contributed by atoms with Crippen molar-refractivity contribution in [1.29, 1.82) is 0 Å². The summed E-state index contributed by atoms with van der Waals surface area (Å²) < 4.78 is 1.79. The van der Waals surface area contributed by atoms with Crippen LogP contribution in [0.5, 0.6) is 0 Å². The van der Waals surface area contributed by atoms with Crippen molar-refractivity contribution in [1.82, 2.24) is 19.7 Å². The highest BCUT2D eigenvalue weighted by Gasteiger charge is 2.14. The van der Waals surface area contributed by atoms with Gasteiger partial charge in [0, 0.05) is 25.0 Å². The van der Waals surface area contributed by atoms with Gasteiger partial charge < -0.3 is 5.73 Å². The van der Waals surface area contributed by atoms with Crippen LogP contribution >= 0.6 is 0 Å². The molecule has 0 atom stereocenters. The van der Waals surface area contributed by atoms with E-state index in [1.54, 1.807) is 10.9 Å². The van der Waals surface area contributed by atoms with Gasteiger partial charge in [-0.3, -0.25) is 4.68 Å². The smallest absolute Gasteiger partial charge is 0.220 e. The minimum atomic E-state index is 0.288. The van der Waals surface area contributed by atoms with Gasteiger partial charge in [0.2, 0.25) is 5.95 Å². The molecule has 0 fully saturated rings. The van der Waals surface area contributed by atoms with E-state index < -0.39 is 0 Å². The third-order valence-corrected chi connectivity index (χ3v) is 2.35. The fourth-order valence-electron chi connectivity index (χ4n) is 1.65. The summed E-state index contributed by atoms with van der Waals surface area (Å²) in [5.74, 6) is 0.642. The number of hydrogen-bond donors (Lipinski definition) is 1. The fraction of sp³-hybridized carbons (Fsp3) is 0.364. The van der Waals surface area contributed by atoms with E-state index in [1.807, 2.05) is 19.3 Å². The van der Waals surface area contributed by atoms with Gasteiger partial charge in [-0.25, -0.2) is 9.97 Å². The quantitative estimate of drug-likeness (QED) is 0.829. The molecule has 84 valence electrons. The van der Waals surface area contributed by atoms with Crippen molar-refractivity contribution in [3.05, 3.63) is 24.2 Å². The first-order valence-corrected chi connectivity index (χ1v) is 5.20. The van der Waals surface area contributed by atoms with E-state index in [4.69, 9.17) is 5.73 Å². The van der Waals surface area contributed by atoms with E-state index in [2.05, 4.69) is 28.9 Å². The summed E-state index contributed by atoms with van der Waals surface area (Å²) in [4.78, 5) is 8.10. The molecular formula is C11H15N5. The molecule has 5 heteroatoms. The van der Waals surface area contributed by atoms with E-state index >= 15 is 0 Å². The first-order chi connectivity index (χ1) is 7.58. The molecule has 0 aliphatic heterocycles. The predicted octanol–water partition coefficient (Wildman–Crippen LogP) is 1.58. The number of hydrogen-bond acceptors (Lipinski definition) is 4. The molecule has 2 rings (SSSR count). The van der Waals surface area contributed by atoms with Crippen LogP contribution in [0.4, 0.5) is 5.95 Å². The summed E-state index contributed by atoms with van der Waals surface area (Å²) in [6.45, 7) is 4.22. The zero-order valence-electron chi connectivity index (χ0n) is 9.68. The summed E-state index contributed by atoms with van der Waals surface area (Å²) in [6, 6.07) is 1.85. The zero-order valence-corrected chi connectivity index (χ0v) is 9.68. The molecule has 0 aliphatic carbocycles. The number of nitrogens with zero attached hydrogens (tertiary/aromatic N) is 4. The number of anilines is 1. The lowest BCUT2D eigenvalue weighted by Crippen LogP contribution is -1.97. The van der Waals surface area contributed by atoms with Gasteiger partial charge in [0.1, 0.15) is 0 Å². The maximum Gasteiger partial charge on any atom is 0.220 e. The number of rotatable bonds is 2. The summed E-state index contributed by atoms with van der Waals surface area (Å²) in [5, 5.41) is 4.43. The Morgan fingerprint density at radius 3 is 2.75 bits per heavy atom. The second-order valence-electron chi connectivity index (χ2n) is 4.06. The van der Waals surface area contributed by atoms with Gasteiger partial charge in [-0.15, -0.1) is 0 Å². The Bertz CT molecular complexity index is 501. The Labute approximate surface area is 94.3 Å². The normalized spacial score (nSPS) is 11.0. The first kappa shape index (κ1) is 10.6. The standard InChI is InChI=1S/C11H15N5/c1-7(2)10-8(6-16(3)15-10)9-4-5-13-11(12)14-9/h4-7H,1-3H3,(H2,12,13,14). The van der Waals surface area contributed by atoms with Gasteiger partial charge in [-0.05, 0) is 12.0 Å². The van der Waals surface area contributed by atoms with Crippen LogP contribution in [-0.4, -0.2) is 19.7 Å². The van der Waals surface area contributed by atoms with E-state index in [0.29, 0.717) is 5.92 Å². The van der Waals surface area contributed by atoms with E-state index in [9.17, 15) is 0 Å². The van der Waals surface area contributed by atoms with E-state index in [0.717, 1.165) is 17.0 Å². The van der Waals surface area contributed by atoms with Crippen molar-refractivity contribution in [3.8, 4) is 11.3 Å². The minimum Gasteiger partial charge on any atom is -0.368 e. The number of aryl methyl sites for hydroxylation is 1. The van der Waals surface area contributed by atoms with Crippen LogP contribution in [0.15, 0.2) is 18.5 Å². The Morgan fingerprint density at radius 2 is 2.12 bits per heavy atom. The second-order valence-corrected chi connectivity index (χ2v) is 4.06. The third-order valence-electron chi connectivity index (χ3n) is 2.35. The molecule has 0 aromatic carbocycles. The molecule has 5 nitrogen and oxygen atoms in total. The second kappa shape index (κ2) is 3.92. The van der Waals surface area contributed by atoms with Gasteiger partial charge >= 0.3 is 0 Å². The van der Waals surface area contributed by atoms with Crippen molar-refractivity contribution in [2.45, 2.75) is 19.8 Å². The van der Waals surface area contributed by atoms with Crippen LogP contribution < -0.4 is 5.73 Å². The Kier molecular flexibility index (Phi) is 2.60. The predicted molar refractivity (Wildman–Crippen MR) is 62.7 cm³/mol. The lowest BCUT2D eigenvalue weighted by Gasteiger charge is -2.04. The zero-order chi connectivity index (χ0) is 11.7. The van der Waals surface area contributed by atoms with Crippen LogP contribution in [0.2, 0.25) is 0 Å². The lowest BCUT2D eigenvalue weighted by molar-refractivity contribution is 0.713. The van der Waals surface area contributed by atoms with Crippen LogP contribution in [0.25, 0.3) is 11.3 Å². The van der Waals surface area contributed by atoms with Gasteiger partial charge in [0.15, 0.2) is 0 Å². The van der Waals surface area contributed by atoms with Crippen LogP contribution in [0.3, 0.4) is 0 Å². The van der Waals surface area contributed by atoms with Crippen molar-refractivity contribution >= 4 is 5.95 Å². The first-order valence-electron chi connectivity index (χ1n) is 5.20. The highest BCUT2D eigenvalue weighted by atomic mass is 15.3. The van der Waals surface area contributed by atoms with E-state index in [1.165, 1.54) is 0 Å². The molecule has 2 aromatic rings. The number of aromatic nitrogens is 4. The Morgan fingerprint density at radius 1 is 1.38 bits per heavy atom. The monoisotopic (exact) mass is 217 g/mol. The summed E-state index contributed by atoms with van der Waals surface area (Å²) >= 11 is 0. The third kappa shape index (κ3) is 1.88. The molecule has 0 aliphatic rings. The summed E-state index contributed by atoms with van der Waals surface area (Å²) in [6.07, 6.45) is 3.62. The molecule has 0 radical (unpaired) electrons. The SMILES string of the molecule is CC(C)c1nn(C)cc1-c1ccnc(N)n1. The molecule has 0 bridgehead atoms. The number of nitrogens with two attached hydrogens (primary N) is 1. The lowest BCUT2D eigenvalue weighted by atomic mass is 10.0. The molecule has 0 amide bonds. The molecule has 16 heavy (non-hydrogen) atoms. The van der Waals surface area contributed by atoms with Crippen molar-refractivity contribution in [2.75, 3.05) is 5.73 Å². The Balaban J connectivity index is 2.55. The molecule has 2 aromatic heterocycles. The van der Waals surface area contributed by atoms with Crippen LogP contribution in [0.1, 0.15) is 25.5 Å². The highest BCUT2D eigenvalue weighted by Crippen LogP contribution is 2.26. The van der Waals surface area contributed by atoms with Crippen molar-refractivity contribution in [3.63, 3.8) is 0 Å². The van der Waals surface area contributed by atoms with E-state index in [-0.39, 0.29) is 5.95 Å². The molecular weight excluding hydrogens is 202 g/mol. The Hall–Kier alpha value is -1.91. The molecule has 2 heterocycles. The van der Waals surface area contributed by atoms with Gasteiger partial charge in [-0.1, -0.05) is 13.8 Å². The van der Waals surface area contributed by atoms with Crippen LogP contribution in [-0.2, 0) is 7.05 Å². The maximum absolute atomic E-state index is 5.58. The summed E-state index contributed by atoms with van der Waals surface area (Å²) in [5.41, 5.74) is 8.45. The highest BCUT2D eigenvalue weighted by molar-refractivity contribution is 5.62. The van der Waals surface area contributed by atoms with Gasteiger partial charge in [0.25, 0.3) is 0 Å². The maximum atomic E-state index is 5.58. The summed E-state index contributed by atoms with van der Waals surface area (Å²) in [7, 11) is 1.90. The molecule has 0 spiro atoms. The topological polar surface area (TPSA) is 69.6 Å². The average Bonchev–Trinajstić information content (AvgIpc) is 2.60. The molecule has 0 saturated heterocycles. The minimum absolute atomic E-state index is 0.288. The van der Waals surface area contributed by atoms with Crippen LogP contribution in [0, 0.1) is 0 Å². The van der Waals surface area contributed by atoms with Crippen molar-refractivity contribution < 1.29 is 0 Å². The van der Waals surface area contributed by atoms with Crippen molar-refractivity contribution in [2.24, 2.45) is 7.05 Å². The molecule has 0 unspecified atom stereocenters. The largest absolute Gasteiger partial charge is 0.368 e. The van der Waals surface area contributed by atoms with Gasteiger partial charge in [0.05, 0.1) is 11.4 Å². The fourth-order valence-corrected chi connectivity index (χ4v) is 1.65. The van der Waals surface area contributed by atoms with Gasteiger partial charge in [-0.2, -0.15) is 5.10 Å². The molecule has 0 saturated carbocycles. The number of nitrogen functional groups attached to an aromatic ring is 1. The molecule has 2 N–H and O–H groups in total. The average molecular weight is 217 g/mol.